The molecule has 0 aromatic heterocycles. The Morgan fingerprint density at radius 2 is 1.67 bits per heavy atom. The minimum Gasteiger partial charge on any atom is -0.311 e. The molecule has 150 valence electrons. The normalized spacial score (nSPS) is 20.1. The average Bonchev–Trinajstić information content (AvgIpc) is 3.32. The number of halogens is 1. The van der Waals surface area contributed by atoms with Gasteiger partial charge in [-0.2, -0.15) is 0 Å². The van der Waals surface area contributed by atoms with Gasteiger partial charge in [0, 0.05) is 23.4 Å². The molecule has 1 fully saturated rings. The van der Waals surface area contributed by atoms with Crippen molar-refractivity contribution in [2.45, 2.75) is 11.4 Å². The van der Waals surface area contributed by atoms with Gasteiger partial charge >= 0.3 is 0 Å². The highest BCUT2D eigenvalue weighted by Gasteiger charge is 2.59. The Bertz CT molecular complexity index is 1120. The van der Waals surface area contributed by atoms with E-state index in [1.165, 1.54) is 36.0 Å². The third-order valence-corrected chi connectivity index (χ3v) is 7.04. The van der Waals surface area contributed by atoms with Gasteiger partial charge in [0.2, 0.25) is 0 Å². The smallest absolute Gasteiger partial charge is 0.268 e. The highest BCUT2D eigenvalue weighted by Crippen LogP contribution is 2.54. The summed E-state index contributed by atoms with van der Waals surface area (Å²) >= 11 is 1.49. The highest BCUT2D eigenvalue weighted by atomic mass is 32.2. The molecule has 0 N–H and O–H groups in total. The maximum atomic E-state index is 13.8. The van der Waals surface area contributed by atoms with Crippen molar-refractivity contribution in [3.8, 4) is 0 Å². The van der Waals surface area contributed by atoms with E-state index in [1.807, 2.05) is 54.6 Å². The summed E-state index contributed by atoms with van der Waals surface area (Å²) in [6, 6.07) is 23.0. The fourth-order valence-electron chi connectivity index (χ4n) is 4.24. The third-order valence-electron chi connectivity index (χ3n) is 5.62. The first kappa shape index (κ1) is 18.9. The molecule has 0 unspecified atom stereocenters. The summed E-state index contributed by atoms with van der Waals surface area (Å²) in [7, 11) is 0. The van der Waals surface area contributed by atoms with Gasteiger partial charge in [-0.15, -0.1) is 11.8 Å². The molecule has 0 aliphatic carbocycles. The maximum absolute atomic E-state index is 13.8. The third kappa shape index (κ3) is 2.82. The lowest BCUT2D eigenvalue weighted by Gasteiger charge is -2.33. The molecule has 0 saturated carbocycles. The van der Waals surface area contributed by atoms with Gasteiger partial charge in [0.05, 0.1) is 12.2 Å². The summed E-state index contributed by atoms with van der Waals surface area (Å²) < 4.78 is 13.3. The maximum Gasteiger partial charge on any atom is 0.268 e. The number of anilines is 1. The van der Waals surface area contributed by atoms with Crippen molar-refractivity contribution in [1.82, 2.24) is 4.90 Å². The van der Waals surface area contributed by atoms with E-state index in [9.17, 15) is 14.0 Å². The molecule has 0 radical (unpaired) electrons. The minimum absolute atomic E-state index is 0.106. The van der Waals surface area contributed by atoms with Crippen LogP contribution in [-0.4, -0.2) is 29.0 Å². The largest absolute Gasteiger partial charge is 0.311 e. The van der Waals surface area contributed by atoms with Gasteiger partial charge in [0.25, 0.3) is 11.8 Å². The van der Waals surface area contributed by atoms with Crippen molar-refractivity contribution in [2.24, 2.45) is 0 Å². The van der Waals surface area contributed by atoms with Crippen molar-refractivity contribution in [2.75, 3.05) is 17.2 Å². The fourth-order valence-corrected chi connectivity index (χ4v) is 5.70. The van der Waals surface area contributed by atoms with E-state index < -0.39 is 10.7 Å². The second-order valence-electron chi connectivity index (χ2n) is 7.35. The van der Waals surface area contributed by atoms with Crippen LogP contribution in [0.2, 0.25) is 0 Å². The number of fused-ring (bicyclic) bond motifs is 2. The van der Waals surface area contributed by atoms with E-state index in [1.54, 1.807) is 9.80 Å². The summed E-state index contributed by atoms with van der Waals surface area (Å²) in [5.74, 6) is -0.102. The van der Waals surface area contributed by atoms with Gasteiger partial charge < -0.3 is 9.80 Å². The van der Waals surface area contributed by atoms with Crippen LogP contribution >= 0.6 is 11.8 Å². The van der Waals surface area contributed by atoms with E-state index in [4.69, 9.17) is 0 Å². The first-order valence-electron chi connectivity index (χ1n) is 9.78. The number of carbonyl (C=O) groups excluding carboxylic acids is 2. The van der Waals surface area contributed by atoms with Gasteiger partial charge in [0.15, 0.2) is 4.87 Å². The van der Waals surface area contributed by atoms with Crippen LogP contribution in [0, 0.1) is 5.82 Å². The first-order valence-corrected chi connectivity index (χ1v) is 10.8. The topological polar surface area (TPSA) is 40.6 Å². The van der Waals surface area contributed by atoms with Gasteiger partial charge in [-0.25, -0.2) is 4.39 Å². The zero-order valence-corrected chi connectivity index (χ0v) is 16.9. The predicted octanol–water partition coefficient (Wildman–Crippen LogP) is 4.41. The van der Waals surface area contributed by atoms with Gasteiger partial charge in [0.1, 0.15) is 5.82 Å². The molecule has 1 spiro atoms. The monoisotopic (exact) mass is 418 g/mol. The van der Waals surface area contributed by atoms with Crippen LogP contribution in [0.25, 0.3) is 0 Å². The molecule has 2 heterocycles. The van der Waals surface area contributed by atoms with Crippen LogP contribution in [0.5, 0.6) is 0 Å². The number of carbonyl (C=O) groups is 2. The molecule has 6 heteroatoms. The number of hydrogen-bond acceptors (Lipinski definition) is 3. The van der Waals surface area contributed by atoms with E-state index in [2.05, 4.69) is 0 Å². The standard InChI is InChI=1S/C24H19FN2O2S/c25-19-12-10-18(11-13-19)22(28)27-14-15-30-24(27)20-8-4-5-9-21(20)26(23(24)29)16-17-6-2-1-3-7-17/h1-13H,14-16H2/t24-/m0/s1. The lowest BCUT2D eigenvalue weighted by atomic mass is 10.0. The molecule has 2 aliphatic heterocycles. The Morgan fingerprint density at radius 3 is 2.43 bits per heavy atom. The lowest BCUT2D eigenvalue weighted by molar-refractivity contribution is -0.123. The van der Waals surface area contributed by atoms with Crippen molar-refractivity contribution in [3.05, 3.63) is 101 Å². The van der Waals surface area contributed by atoms with Gasteiger partial charge in [-0.3, -0.25) is 9.59 Å². The van der Waals surface area contributed by atoms with E-state index >= 15 is 0 Å². The number of thioether (sulfide) groups is 1. The van der Waals surface area contributed by atoms with Gasteiger partial charge in [-0.1, -0.05) is 48.5 Å². The quantitative estimate of drug-likeness (QED) is 0.633. The predicted molar refractivity (Wildman–Crippen MR) is 116 cm³/mol. The molecule has 30 heavy (non-hydrogen) atoms. The number of nitrogens with zero attached hydrogens (tertiary/aromatic N) is 2. The Labute approximate surface area is 178 Å². The van der Waals surface area contributed by atoms with Crippen LogP contribution in [0.3, 0.4) is 0 Å². The Kier molecular flexibility index (Phi) is 4.59. The molecule has 1 saturated heterocycles. The first-order chi connectivity index (χ1) is 14.6. The molecule has 2 amide bonds. The van der Waals surface area contributed by atoms with Crippen LogP contribution in [0.15, 0.2) is 78.9 Å². The molecular formula is C24H19FN2O2S. The number of amides is 2. The molecular weight excluding hydrogens is 399 g/mol. The molecule has 3 aromatic rings. The number of hydrogen-bond donors (Lipinski definition) is 0. The molecule has 0 bridgehead atoms. The Balaban J connectivity index is 1.57. The lowest BCUT2D eigenvalue weighted by Crippen LogP contribution is -2.50. The Morgan fingerprint density at radius 1 is 0.967 bits per heavy atom. The number of rotatable bonds is 3. The summed E-state index contributed by atoms with van der Waals surface area (Å²) in [6.07, 6.45) is 0. The van der Waals surface area contributed by atoms with Crippen LogP contribution in [0.4, 0.5) is 10.1 Å². The fraction of sp³-hybridized carbons (Fsp3) is 0.167. The SMILES string of the molecule is O=C(c1ccc(F)cc1)N1CCS[C@@]12C(=O)N(Cc1ccccc1)c1ccccc12. The van der Waals surface area contributed by atoms with E-state index in [0.717, 1.165) is 16.8 Å². The molecule has 4 nitrogen and oxygen atoms in total. The van der Waals surface area contributed by atoms with Crippen molar-refractivity contribution >= 4 is 29.3 Å². The summed E-state index contributed by atoms with van der Waals surface area (Å²) in [5.41, 5.74) is 3.07. The van der Waals surface area contributed by atoms with Crippen molar-refractivity contribution in [3.63, 3.8) is 0 Å². The van der Waals surface area contributed by atoms with Crippen LogP contribution < -0.4 is 4.90 Å². The zero-order chi connectivity index (χ0) is 20.7. The highest BCUT2D eigenvalue weighted by molar-refractivity contribution is 8.01. The molecule has 5 rings (SSSR count). The number of benzene rings is 3. The van der Waals surface area contributed by atoms with Crippen LogP contribution in [0.1, 0.15) is 21.5 Å². The van der Waals surface area contributed by atoms with E-state index in [-0.39, 0.29) is 11.8 Å². The average molecular weight is 418 g/mol. The summed E-state index contributed by atoms with van der Waals surface area (Å²) in [4.78, 5) is 29.5. The molecule has 3 aromatic carbocycles. The number of para-hydroxylation sites is 1. The summed E-state index contributed by atoms with van der Waals surface area (Å²) in [5, 5.41) is 0. The Hall–Kier alpha value is -3.12. The van der Waals surface area contributed by atoms with Crippen molar-refractivity contribution < 1.29 is 14.0 Å². The second kappa shape index (κ2) is 7.29. The molecule has 2 aliphatic rings. The van der Waals surface area contributed by atoms with E-state index in [0.29, 0.717) is 24.4 Å². The van der Waals surface area contributed by atoms with Crippen LogP contribution in [-0.2, 0) is 16.2 Å². The minimum atomic E-state index is -1.09. The van der Waals surface area contributed by atoms with Gasteiger partial charge in [-0.05, 0) is 35.9 Å². The zero-order valence-electron chi connectivity index (χ0n) is 16.1. The molecule has 1 atom stereocenters. The summed E-state index contributed by atoms with van der Waals surface area (Å²) in [6.45, 7) is 0.900. The second-order valence-corrected chi connectivity index (χ2v) is 8.64. The van der Waals surface area contributed by atoms with Crippen molar-refractivity contribution in [1.29, 1.82) is 0 Å².